The Kier molecular flexibility index (Phi) is 2.38. The molecule has 4 rings (SSSR count). The molecule has 2 heterocycles. The predicted molar refractivity (Wildman–Crippen MR) is 80.5 cm³/mol. The third kappa shape index (κ3) is 1.50. The van der Waals surface area contributed by atoms with Crippen molar-refractivity contribution in [2.45, 2.75) is 6.42 Å². The normalized spacial score (nSPS) is 19.9. The summed E-state index contributed by atoms with van der Waals surface area (Å²) in [4.78, 5) is 12.4. The highest BCUT2D eigenvalue weighted by Gasteiger charge is 2.35. The first-order chi connectivity index (χ1) is 9.75. The Morgan fingerprint density at radius 3 is 2.65 bits per heavy atom. The summed E-state index contributed by atoms with van der Waals surface area (Å²) >= 11 is 6.10. The van der Waals surface area contributed by atoms with Crippen molar-refractivity contribution in [1.82, 2.24) is 0 Å². The molecule has 0 bridgehead atoms. The van der Waals surface area contributed by atoms with Gasteiger partial charge in [-0.2, -0.15) is 0 Å². The Labute approximate surface area is 121 Å². The highest BCUT2D eigenvalue weighted by molar-refractivity contribution is 6.50. The van der Waals surface area contributed by atoms with E-state index in [0.29, 0.717) is 5.57 Å². The van der Waals surface area contributed by atoms with E-state index < -0.39 is 0 Å². The summed E-state index contributed by atoms with van der Waals surface area (Å²) in [6.07, 6.45) is 0.732. The summed E-state index contributed by atoms with van der Waals surface area (Å²) in [6.45, 7) is 0. The number of hydrogen-bond acceptors (Lipinski definition) is 2. The number of halogens is 1. The van der Waals surface area contributed by atoms with E-state index in [9.17, 15) is 4.79 Å². The van der Waals surface area contributed by atoms with Gasteiger partial charge in [-0.05, 0) is 17.7 Å². The van der Waals surface area contributed by atoms with Crippen LogP contribution in [0.3, 0.4) is 0 Å². The van der Waals surface area contributed by atoms with Gasteiger partial charge in [-0.1, -0.05) is 36.4 Å². The molecule has 0 atom stereocenters. The topological polar surface area (TPSA) is 32.3 Å². The molecule has 2 aromatic rings. The van der Waals surface area contributed by atoms with Gasteiger partial charge >= 0.3 is 0 Å². The summed E-state index contributed by atoms with van der Waals surface area (Å²) in [6, 6.07) is 15.7. The molecule has 0 unspecified atom stereocenters. The van der Waals surface area contributed by atoms with Gasteiger partial charge in [-0.3, -0.25) is 4.79 Å². The third-order valence-electron chi connectivity index (χ3n) is 3.75. The monoisotopic (exact) mass is 282 g/mol. The maximum atomic E-state index is 12.4. The van der Waals surface area contributed by atoms with Crippen molar-refractivity contribution in [1.29, 1.82) is 0 Å². The van der Waals surface area contributed by atoms with Gasteiger partial charge in [-0.15, -0.1) is 0 Å². The minimum Gasteiger partial charge on any atom is -0.358 e. The molecule has 4 heteroatoms. The molecular weight excluding hydrogens is 272 g/mol. The van der Waals surface area contributed by atoms with Crippen LogP contribution >= 0.6 is 11.8 Å². The van der Waals surface area contributed by atoms with E-state index in [1.807, 2.05) is 42.5 Å². The number of hydrogen-bond donors (Lipinski definition) is 1. The molecule has 0 aliphatic carbocycles. The molecule has 0 saturated heterocycles. The highest BCUT2D eigenvalue weighted by atomic mass is 35.5. The van der Waals surface area contributed by atoms with Crippen molar-refractivity contribution < 1.29 is 4.79 Å². The molecule has 3 nitrogen and oxygen atoms in total. The molecule has 0 radical (unpaired) electrons. The number of carbonyl (C=O) groups excluding carboxylic acids is 1. The largest absolute Gasteiger partial charge is 0.358 e. The minimum absolute atomic E-state index is 0.164. The molecule has 2 aromatic carbocycles. The van der Waals surface area contributed by atoms with Crippen molar-refractivity contribution in [3.63, 3.8) is 0 Å². The molecule has 2 aliphatic heterocycles. The summed E-state index contributed by atoms with van der Waals surface area (Å²) in [7, 11) is 0. The number of anilines is 2. The molecule has 20 heavy (non-hydrogen) atoms. The van der Waals surface area contributed by atoms with Crippen LogP contribution in [0.1, 0.15) is 11.1 Å². The van der Waals surface area contributed by atoms with Crippen LogP contribution in [-0.2, 0) is 11.2 Å². The van der Waals surface area contributed by atoms with E-state index in [0.717, 1.165) is 29.1 Å². The van der Waals surface area contributed by atoms with Crippen molar-refractivity contribution in [2.24, 2.45) is 0 Å². The zero-order chi connectivity index (χ0) is 13.7. The molecule has 0 saturated carbocycles. The van der Waals surface area contributed by atoms with Crippen LogP contribution in [0.15, 0.2) is 54.2 Å². The fraction of sp³-hybridized carbons (Fsp3) is 0.0625. The van der Waals surface area contributed by atoms with E-state index in [1.165, 1.54) is 9.98 Å². The van der Waals surface area contributed by atoms with Crippen LogP contribution in [0, 0.1) is 0 Å². The molecule has 0 aromatic heterocycles. The van der Waals surface area contributed by atoms with E-state index in [-0.39, 0.29) is 5.91 Å². The lowest BCUT2D eigenvalue weighted by Gasteiger charge is -2.05. The van der Waals surface area contributed by atoms with Gasteiger partial charge in [0.15, 0.2) is 0 Å². The maximum absolute atomic E-state index is 12.4. The van der Waals surface area contributed by atoms with Crippen LogP contribution in [0.4, 0.5) is 11.4 Å². The minimum atomic E-state index is -0.164. The van der Waals surface area contributed by atoms with Crippen molar-refractivity contribution in [3.8, 4) is 0 Å². The fourth-order valence-electron chi connectivity index (χ4n) is 2.82. The van der Waals surface area contributed by atoms with E-state index in [4.69, 9.17) is 11.8 Å². The van der Waals surface area contributed by atoms with Gasteiger partial charge in [0.1, 0.15) is 0 Å². The third-order valence-corrected chi connectivity index (χ3v) is 4.08. The van der Waals surface area contributed by atoms with Crippen LogP contribution in [0.25, 0.3) is 5.57 Å². The summed E-state index contributed by atoms with van der Waals surface area (Å²) < 4.78 is 1.20. The standard InChI is InChI=1S/C16H11ClN2O/c17-19-14-8-4-2-6-11(14)15(16(19)20)13-9-10-5-1-3-7-12(10)18-13/h1-8,18H,9H2. The second kappa shape index (κ2) is 4.12. The molecule has 1 amide bonds. The maximum Gasteiger partial charge on any atom is 0.275 e. The SMILES string of the molecule is O=C1C(=C2Cc3ccccc3N2)c2ccccc2N1Cl. The number of rotatable bonds is 0. The van der Waals surface area contributed by atoms with Crippen LogP contribution in [0.2, 0.25) is 0 Å². The van der Waals surface area contributed by atoms with Gasteiger partial charge in [-0.25, -0.2) is 4.42 Å². The zero-order valence-corrected chi connectivity index (χ0v) is 11.3. The number of nitrogens with zero attached hydrogens (tertiary/aromatic N) is 1. The van der Waals surface area contributed by atoms with Crippen LogP contribution in [0.5, 0.6) is 0 Å². The van der Waals surface area contributed by atoms with Crippen LogP contribution in [-0.4, -0.2) is 5.91 Å². The number of carbonyl (C=O) groups is 1. The number of nitrogens with one attached hydrogen (secondary N) is 1. The van der Waals surface area contributed by atoms with E-state index >= 15 is 0 Å². The van der Waals surface area contributed by atoms with E-state index in [2.05, 4.69) is 11.4 Å². The fourth-order valence-corrected chi connectivity index (χ4v) is 3.05. The van der Waals surface area contributed by atoms with Gasteiger partial charge in [0.25, 0.3) is 5.91 Å². The number of fused-ring (bicyclic) bond motifs is 2. The first-order valence-electron chi connectivity index (χ1n) is 6.43. The second-order valence-electron chi connectivity index (χ2n) is 4.92. The van der Waals surface area contributed by atoms with Crippen molar-refractivity contribution in [2.75, 3.05) is 9.74 Å². The Morgan fingerprint density at radius 2 is 1.80 bits per heavy atom. The molecule has 0 fully saturated rings. The highest BCUT2D eigenvalue weighted by Crippen LogP contribution is 2.42. The Morgan fingerprint density at radius 1 is 1.05 bits per heavy atom. The summed E-state index contributed by atoms with van der Waals surface area (Å²) in [5, 5.41) is 3.34. The average molecular weight is 283 g/mol. The number of benzene rings is 2. The van der Waals surface area contributed by atoms with Gasteiger partial charge in [0.05, 0.1) is 11.3 Å². The quantitative estimate of drug-likeness (QED) is 0.592. The summed E-state index contributed by atoms with van der Waals surface area (Å²) in [5.41, 5.74) is 5.50. The first kappa shape index (κ1) is 11.6. The molecule has 98 valence electrons. The predicted octanol–water partition coefficient (Wildman–Crippen LogP) is 3.57. The van der Waals surface area contributed by atoms with Gasteiger partial charge < -0.3 is 5.32 Å². The number of allylic oxidation sites excluding steroid dienone is 1. The Hall–Kier alpha value is -2.26. The van der Waals surface area contributed by atoms with E-state index in [1.54, 1.807) is 0 Å². The van der Waals surface area contributed by atoms with Gasteiger partial charge in [0.2, 0.25) is 0 Å². The van der Waals surface area contributed by atoms with Crippen molar-refractivity contribution >= 4 is 34.6 Å². The zero-order valence-electron chi connectivity index (χ0n) is 10.6. The lowest BCUT2D eigenvalue weighted by Crippen LogP contribution is -2.15. The smallest absolute Gasteiger partial charge is 0.275 e. The second-order valence-corrected chi connectivity index (χ2v) is 5.25. The Bertz CT molecular complexity index is 740. The van der Waals surface area contributed by atoms with Gasteiger partial charge in [0, 0.05) is 35.1 Å². The Balaban J connectivity index is 1.88. The lowest BCUT2D eigenvalue weighted by molar-refractivity contribution is -0.112. The molecular formula is C16H11ClN2O. The number of amides is 1. The molecule has 2 aliphatic rings. The lowest BCUT2D eigenvalue weighted by atomic mass is 10.0. The first-order valence-corrected chi connectivity index (χ1v) is 6.77. The summed E-state index contributed by atoms with van der Waals surface area (Å²) in [5.74, 6) is -0.164. The van der Waals surface area contributed by atoms with Crippen molar-refractivity contribution in [3.05, 3.63) is 65.4 Å². The molecule has 0 spiro atoms. The number of para-hydroxylation sites is 2. The average Bonchev–Trinajstić information content (AvgIpc) is 3.00. The molecule has 1 N–H and O–H groups in total. The van der Waals surface area contributed by atoms with Crippen LogP contribution < -0.4 is 9.74 Å².